The first-order valence-corrected chi connectivity index (χ1v) is 9.90. The third-order valence-electron chi connectivity index (χ3n) is 5.08. The summed E-state index contributed by atoms with van der Waals surface area (Å²) in [7, 11) is 1.87. The fraction of sp³-hybridized carbons (Fsp3) is 0.0870. The van der Waals surface area contributed by atoms with Gasteiger partial charge in [-0.3, -0.25) is 19.3 Å². The van der Waals surface area contributed by atoms with Gasteiger partial charge in [-0.1, -0.05) is 18.2 Å². The standard InChI is InChI=1S/C23H18N8O/c1-30-8-7-20(29-30)17-5-6-19-21(10-17)27-28-22(19)23(32)26-18-12-25-31(14-18)13-16-4-2-3-15(9-16)11-24/h2-10,12,14H,13H2,1H3,(H,26,32)(H,27,28). The fourth-order valence-corrected chi connectivity index (χ4v) is 3.55. The number of nitrogens with zero attached hydrogens (tertiary/aromatic N) is 6. The number of fused-ring (bicyclic) bond motifs is 1. The number of nitrogens with one attached hydrogen (secondary N) is 2. The molecule has 3 aromatic heterocycles. The molecule has 9 nitrogen and oxygen atoms in total. The Kier molecular flexibility index (Phi) is 4.72. The highest BCUT2D eigenvalue weighted by Gasteiger charge is 2.16. The van der Waals surface area contributed by atoms with Crippen LogP contribution in [0.3, 0.4) is 0 Å². The van der Waals surface area contributed by atoms with Crippen molar-refractivity contribution in [1.82, 2.24) is 29.8 Å². The molecule has 0 atom stereocenters. The van der Waals surface area contributed by atoms with Gasteiger partial charge in [-0.2, -0.15) is 20.6 Å². The Balaban J connectivity index is 1.32. The third kappa shape index (κ3) is 3.73. The van der Waals surface area contributed by atoms with Crippen LogP contribution in [0.2, 0.25) is 0 Å². The van der Waals surface area contributed by atoms with Crippen LogP contribution < -0.4 is 5.32 Å². The van der Waals surface area contributed by atoms with E-state index < -0.39 is 0 Å². The largest absolute Gasteiger partial charge is 0.318 e. The summed E-state index contributed by atoms with van der Waals surface area (Å²) in [5, 5.41) is 28.4. The maximum absolute atomic E-state index is 12.8. The predicted molar refractivity (Wildman–Crippen MR) is 119 cm³/mol. The van der Waals surface area contributed by atoms with Gasteiger partial charge < -0.3 is 5.32 Å². The zero-order valence-corrected chi connectivity index (χ0v) is 17.1. The first kappa shape index (κ1) is 19.3. The van der Waals surface area contributed by atoms with Crippen LogP contribution in [0.5, 0.6) is 0 Å². The van der Waals surface area contributed by atoms with Crippen molar-refractivity contribution in [3.63, 3.8) is 0 Å². The molecule has 9 heteroatoms. The number of hydrogen-bond donors (Lipinski definition) is 2. The van der Waals surface area contributed by atoms with E-state index in [0.29, 0.717) is 23.5 Å². The van der Waals surface area contributed by atoms with Crippen LogP contribution in [0.1, 0.15) is 21.6 Å². The van der Waals surface area contributed by atoms with Gasteiger partial charge >= 0.3 is 0 Å². The number of amides is 1. The molecule has 0 radical (unpaired) electrons. The van der Waals surface area contributed by atoms with Gasteiger partial charge in [0.05, 0.1) is 41.3 Å². The molecular formula is C23H18N8O. The van der Waals surface area contributed by atoms with Crippen molar-refractivity contribution in [1.29, 1.82) is 5.26 Å². The van der Waals surface area contributed by atoms with Crippen LogP contribution in [0, 0.1) is 11.3 Å². The van der Waals surface area contributed by atoms with E-state index in [0.717, 1.165) is 27.7 Å². The Hall–Kier alpha value is -4.71. The van der Waals surface area contributed by atoms with E-state index in [9.17, 15) is 4.79 Å². The highest BCUT2D eigenvalue weighted by Crippen LogP contribution is 2.24. The number of hydrogen-bond acceptors (Lipinski definition) is 5. The fourth-order valence-electron chi connectivity index (χ4n) is 3.55. The molecule has 0 fully saturated rings. The molecule has 0 saturated carbocycles. The van der Waals surface area contributed by atoms with Crippen LogP contribution in [0.15, 0.2) is 67.1 Å². The van der Waals surface area contributed by atoms with Crippen LogP contribution in [-0.2, 0) is 13.6 Å². The molecule has 0 aliphatic heterocycles. The minimum Gasteiger partial charge on any atom is -0.318 e. The predicted octanol–water partition coefficient (Wildman–Crippen LogP) is 3.33. The molecule has 0 bridgehead atoms. The number of rotatable bonds is 5. The van der Waals surface area contributed by atoms with Gasteiger partial charge in [0.2, 0.25) is 0 Å². The van der Waals surface area contributed by atoms with Gasteiger partial charge in [-0.15, -0.1) is 0 Å². The number of carbonyl (C=O) groups excluding carboxylic acids is 1. The van der Waals surface area contributed by atoms with E-state index in [-0.39, 0.29) is 5.91 Å². The van der Waals surface area contributed by atoms with E-state index in [1.165, 1.54) is 0 Å². The van der Waals surface area contributed by atoms with Crippen molar-refractivity contribution >= 4 is 22.5 Å². The van der Waals surface area contributed by atoms with Crippen LogP contribution >= 0.6 is 0 Å². The molecular weight excluding hydrogens is 404 g/mol. The Labute approximate surface area is 182 Å². The number of H-pyrrole nitrogens is 1. The molecule has 2 aromatic carbocycles. The molecule has 0 aliphatic rings. The minimum atomic E-state index is -0.326. The summed E-state index contributed by atoms with van der Waals surface area (Å²) in [6.45, 7) is 0.493. The zero-order chi connectivity index (χ0) is 22.1. The number of aromatic nitrogens is 6. The van der Waals surface area contributed by atoms with Gasteiger partial charge in [0, 0.05) is 30.4 Å². The Morgan fingerprint density at radius 2 is 2.12 bits per heavy atom. The molecule has 0 unspecified atom stereocenters. The lowest BCUT2D eigenvalue weighted by Gasteiger charge is -2.02. The summed E-state index contributed by atoms with van der Waals surface area (Å²) in [6.07, 6.45) is 5.21. The zero-order valence-electron chi connectivity index (χ0n) is 17.1. The lowest BCUT2D eigenvalue weighted by atomic mass is 10.1. The molecule has 1 amide bonds. The maximum atomic E-state index is 12.8. The topological polar surface area (TPSA) is 117 Å². The summed E-state index contributed by atoms with van der Waals surface area (Å²) < 4.78 is 3.44. The molecule has 0 spiro atoms. The average molecular weight is 422 g/mol. The lowest BCUT2D eigenvalue weighted by Crippen LogP contribution is -2.12. The van der Waals surface area contributed by atoms with E-state index in [1.807, 2.05) is 55.7 Å². The lowest BCUT2D eigenvalue weighted by molar-refractivity contribution is 0.102. The molecule has 0 aliphatic carbocycles. The second kappa shape index (κ2) is 7.85. The number of aryl methyl sites for hydroxylation is 1. The van der Waals surface area contributed by atoms with E-state index >= 15 is 0 Å². The second-order valence-electron chi connectivity index (χ2n) is 7.40. The normalized spacial score (nSPS) is 10.9. The van der Waals surface area contributed by atoms with E-state index in [2.05, 4.69) is 31.8 Å². The van der Waals surface area contributed by atoms with Crippen LogP contribution in [-0.4, -0.2) is 35.7 Å². The number of benzene rings is 2. The van der Waals surface area contributed by atoms with Crippen LogP contribution in [0.4, 0.5) is 5.69 Å². The van der Waals surface area contributed by atoms with Crippen molar-refractivity contribution in [3.8, 4) is 17.3 Å². The maximum Gasteiger partial charge on any atom is 0.276 e. The summed E-state index contributed by atoms with van der Waals surface area (Å²) >= 11 is 0. The Morgan fingerprint density at radius 3 is 2.94 bits per heavy atom. The third-order valence-corrected chi connectivity index (χ3v) is 5.08. The van der Waals surface area contributed by atoms with Crippen molar-refractivity contribution in [2.24, 2.45) is 7.05 Å². The number of carbonyl (C=O) groups is 1. The van der Waals surface area contributed by atoms with Gasteiger partial charge in [-0.25, -0.2) is 0 Å². The van der Waals surface area contributed by atoms with E-state index in [4.69, 9.17) is 5.26 Å². The monoisotopic (exact) mass is 422 g/mol. The number of nitriles is 1. The van der Waals surface area contributed by atoms with Gasteiger partial charge in [0.1, 0.15) is 0 Å². The highest BCUT2D eigenvalue weighted by molar-refractivity contribution is 6.11. The summed E-state index contributed by atoms with van der Waals surface area (Å²) in [6, 6.07) is 17.1. The van der Waals surface area contributed by atoms with Crippen molar-refractivity contribution in [3.05, 3.63) is 83.9 Å². The molecule has 156 valence electrons. The number of anilines is 1. The average Bonchev–Trinajstić information content (AvgIpc) is 3.53. The summed E-state index contributed by atoms with van der Waals surface area (Å²) in [5.41, 5.74) is 4.96. The van der Waals surface area contributed by atoms with Crippen LogP contribution in [0.25, 0.3) is 22.2 Å². The van der Waals surface area contributed by atoms with Crippen molar-refractivity contribution in [2.45, 2.75) is 6.54 Å². The smallest absolute Gasteiger partial charge is 0.276 e. The van der Waals surface area contributed by atoms with Gasteiger partial charge in [-0.05, 0) is 35.9 Å². The quantitative estimate of drug-likeness (QED) is 0.450. The van der Waals surface area contributed by atoms with Crippen molar-refractivity contribution in [2.75, 3.05) is 5.32 Å². The first-order valence-electron chi connectivity index (χ1n) is 9.90. The molecule has 0 saturated heterocycles. The van der Waals surface area contributed by atoms with E-state index in [1.54, 1.807) is 27.8 Å². The molecule has 2 N–H and O–H groups in total. The molecule has 5 aromatic rings. The SMILES string of the molecule is Cn1ccc(-c2ccc3c(C(=O)Nc4cnn(Cc5cccc(C#N)c5)c4)n[nH]c3c2)n1. The van der Waals surface area contributed by atoms with Crippen molar-refractivity contribution < 1.29 is 4.79 Å². The minimum absolute atomic E-state index is 0.307. The van der Waals surface area contributed by atoms with Gasteiger partial charge in [0.15, 0.2) is 5.69 Å². The summed E-state index contributed by atoms with van der Waals surface area (Å²) in [5.74, 6) is -0.326. The Bertz CT molecular complexity index is 1480. The highest BCUT2D eigenvalue weighted by atomic mass is 16.2. The molecule has 5 rings (SSSR count). The number of aromatic amines is 1. The second-order valence-corrected chi connectivity index (χ2v) is 7.40. The van der Waals surface area contributed by atoms with Gasteiger partial charge in [0.25, 0.3) is 5.91 Å². The summed E-state index contributed by atoms with van der Waals surface area (Å²) in [4.78, 5) is 12.8. The molecule has 3 heterocycles. The Morgan fingerprint density at radius 1 is 1.22 bits per heavy atom. The first-order chi connectivity index (χ1) is 15.6. The molecule has 32 heavy (non-hydrogen) atoms.